The van der Waals surface area contributed by atoms with Crippen LogP contribution in [0.5, 0.6) is 0 Å². The van der Waals surface area contributed by atoms with E-state index >= 15 is 0 Å². The lowest BCUT2D eigenvalue weighted by Gasteiger charge is -2.56. The van der Waals surface area contributed by atoms with Gasteiger partial charge >= 0.3 is 5.97 Å². The Morgan fingerprint density at radius 3 is 2.75 bits per heavy atom. The Kier molecular flexibility index (Phi) is 2.69. The lowest BCUT2D eigenvalue weighted by molar-refractivity contribution is -0.137. The van der Waals surface area contributed by atoms with Crippen molar-refractivity contribution in [3.8, 4) is 0 Å². The minimum atomic E-state index is -0.206. The van der Waals surface area contributed by atoms with E-state index in [2.05, 4.69) is 26.8 Å². The third-order valence-electron chi connectivity index (χ3n) is 4.19. The molecule has 3 aliphatic carbocycles. The first-order valence-corrected chi connectivity index (χ1v) is 6.03. The van der Waals surface area contributed by atoms with Crippen LogP contribution in [-0.2, 0) is 9.53 Å². The van der Waals surface area contributed by atoms with Gasteiger partial charge < -0.3 is 4.74 Å². The van der Waals surface area contributed by atoms with Crippen molar-refractivity contribution in [1.29, 1.82) is 0 Å². The SMILES string of the molecule is CCOC(=O)/C=C1\C=C(C)[C@H]2C[C@@H]1C2(C)C. The summed E-state index contributed by atoms with van der Waals surface area (Å²) in [6, 6.07) is 0. The van der Waals surface area contributed by atoms with Gasteiger partial charge in [0.25, 0.3) is 0 Å². The highest BCUT2D eigenvalue weighted by atomic mass is 16.5. The van der Waals surface area contributed by atoms with Crippen LogP contribution in [-0.4, -0.2) is 12.6 Å². The molecule has 0 aliphatic heterocycles. The van der Waals surface area contributed by atoms with Crippen molar-refractivity contribution < 1.29 is 9.53 Å². The van der Waals surface area contributed by atoms with Gasteiger partial charge in [0.15, 0.2) is 0 Å². The van der Waals surface area contributed by atoms with Gasteiger partial charge in [0.1, 0.15) is 0 Å². The normalized spacial score (nSPS) is 33.0. The van der Waals surface area contributed by atoms with Gasteiger partial charge in [-0.3, -0.25) is 0 Å². The molecule has 0 spiro atoms. The third kappa shape index (κ3) is 1.60. The number of carbonyl (C=O) groups excluding carboxylic acids is 1. The molecule has 0 saturated heterocycles. The molecule has 2 bridgehead atoms. The summed E-state index contributed by atoms with van der Waals surface area (Å²) in [5.74, 6) is 1.03. The summed E-state index contributed by atoms with van der Waals surface area (Å²) < 4.78 is 4.97. The fourth-order valence-corrected chi connectivity index (χ4v) is 3.19. The van der Waals surface area contributed by atoms with E-state index in [1.807, 2.05) is 6.92 Å². The molecule has 0 aromatic carbocycles. The van der Waals surface area contributed by atoms with Crippen LogP contribution in [0, 0.1) is 17.3 Å². The molecule has 0 aromatic heterocycles. The minimum absolute atomic E-state index is 0.206. The zero-order valence-electron chi connectivity index (χ0n) is 10.5. The molecule has 0 amide bonds. The highest BCUT2D eigenvalue weighted by Gasteiger charge is 2.52. The van der Waals surface area contributed by atoms with Crippen LogP contribution in [0.25, 0.3) is 0 Å². The predicted molar refractivity (Wildman–Crippen MR) is 63.9 cm³/mol. The maximum atomic E-state index is 11.5. The van der Waals surface area contributed by atoms with Crippen LogP contribution in [0.15, 0.2) is 23.3 Å². The molecular weight excluding hydrogens is 200 g/mol. The summed E-state index contributed by atoms with van der Waals surface area (Å²) in [5, 5.41) is 0. The smallest absolute Gasteiger partial charge is 0.331 e. The zero-order chi connectivity index (χ0) is 11.9. The first-order valence-electron chi connectivity index (χ1n) is 6.03. The van der Waals surface area contributed by atoms with Crippen LogP contribution in [0.2, 0.25) is 0 Å². The Labute approximate surface area is 97.4 Å². The molecule has 1 fully saturated rings. The second-order valence-electron chi connectivity index (χ2n) is 5.45. The number of allylic oxidation sites excluding steroid dienone is 3. The van der Waals surface area contributed by atoms with Gasteiger partial charge in [0, 0.05) is 6.08 Å². The Hall–Kier alpha value is -1.05. The molecule has 0 radical (unpaired) electrons. The van der Waals surface area contributed by atoms with E-state index in [1.165, 1.54) is 12.0 Å². The molecule has 16 heavy (non-hydrogen) atoms. The van der Waals surface area contributed by atoms with Crippen molar-refractivity contribution in [1.82, 2.24) is 0 Å². The number of esters is 1. The summed E-state index contributed by atoms with van der Waals surface area (Å²) >= 11 is 0. The average molecular weight is 220 g/mol. The lowest BCUT2D eigenvalue weighted by Crippen LogP contribution is -2.48. The van der Waals surface area contributed by atoms with Crippen LogP contribution < -0.4 is 0 Å². The summed E-state index contributed by atoms with van der Waals surface area (Å²) in [5.41, 5.74) is 2.88. The van der Waals surface area contributed by atoms with E-state index in [-0.39, 0.29) is 5.97 Å². The first-order chi connectivity index (χ1) is 7.46. The van der Waals surface area contributed by atoms with E-state index in [0.29, 0.717) is 23.9 Å². The number of hydrogen-bond donors (Lipinski definition) is 0. The second kappa shape index (κ2) is 3.76. The van der Waals surface area contributed by atoms with Crippen molar-refractivity contribution in [2.24, 2.45) is 17.3 Å². The van der Waals surface area contributed by atoms with Crippen molar-refractivity contribution in [2.45, 2.75) is 34.1 Å². The molecule has 3 rings (SSSR count). The quantitative estimate of drug-likeness (QED) is 0.528. The minimum Gasteiger partial charge on any atom is -0.463 e. The maximum absolute atomic E-state index is 11.5. The molecule has 2 nitrogen and oxygen atoms in total. The molecule has 3 aliphatic rings. The van der Waals surface area contributed by atoms with Gasteiger partial charge in [-0.1, -0.05) is 25.5 Å². The fraction of sp³-hybridized carbons (Fsp3) is 0.643. The van der Waals surface area contributed by atoms with E-state index in [9.17, 15) is 4.79 Å². The topological polar surface area (TPSA) is 26.3 Å². The molecule has 0 heterocycles. The standard InChI is InChI=1S/C14H20O2/c1-5-16-13(15)7-10-6-9(2)11-8-12(10)14(11,3)4/h6-7,11-12H,5,8H2,1-4H3/b10-7+/t11-,12+/m1/s1. The van der Waals surface area contributed by atoms with Crippen molar-refractivity contribution in [3.63, 3.8) is 0 Å². The monoisotopic (exact) mass is 220 g/mol. The number of fused-ring (bicyclic) bond motifs is 1. The van der Waals surface area contributed by atoms with Gasteiger partial charge in [-0.2, -0.15) is 0 Å². The molecule has 0 N–H and O–H groups in total. The van der Waals surface area contributed by atoms with E-state index in [0.717, 1.165) is 5.57 Å². The molecule has 1 saturated carbocycles. The van der Waals surface area contributed by atoms with Crippen LogP contribution >= 0.6 is 0 Å². The van der Waals surface area contributed by atoms with Crippen molar-refractivity contribution in [2.75, 3.05) is 6.61 Å². The van der Waals surface area contributed by atoms with Crippen LogP contribution in [0.1, 0.15) is 34.1 Å². The molecule has 2 atom stereocenters. The summed E-state index contributed by atoms with van der Waals surface area (Å²) in [6.07, 6.45) is 5.04. The van der Waals surface area contributed by atoms with Crippen molar-refractivity contribution in [3.05, 3.63) is 23.3 Å². The van der Waals surface area contributed by atoms with Crippen molar-refractivity contribution >= 4 is 5.97 Å². The second-order valence-corrected chi connectivity index (χ2v) is 5.45. The largest absolute Gasteiger partial charge is 0.463 e. The van der Waals surface area contributed by atoms with E-state index in [4.69, 9.17) is 4.74 Å². The van der Waals surface area contributed by atoms with Crippen LogP contribution in [0.4, 0.5) is 0 Å². The third-order valence-corrected chi connectivity index (χ3v) is 4.19. The fourth-order valence-electron chi connectivity index (χ4n) is 3.19. The van der Waals surface area contributed by atoms with Gasteiger partial charge in [0.05, 0.1) is 6.61 Å². The Morgan fingerprint density at radius 2 is 2.25 bits per heavy atom. The predicted octanol–water partition coefficient (Wildman–Crippen LogP) is 3.10. The Bertz CT molecular complexity index is 374. The number of hydrogen-bond acceptors (Lipinski definition) is 2. The molecule has 88 valence electrons. The van der Waals surface area contributed by atoms with Gasteiger partial charge in [-0.05, 0) is 43.1 Å². The van der Waals surface area contributed by atoms with E-state index < -0.39 is 0 Å². The van der Waals surface area contributed by atoms with Crippen LogP contribution in [0.3, 0.4) is 0 Å². The molecule has 0 aromatic rings. The molecular formula is C14H20O2. The van der Waals surface area contributed by atoms with Gasteiger partial charge in [-0.25, -0.2) is 4.79 Å². The summed E-state index contributed by atoms with van der Waals surface area (Å²) in [7, 11) is 0. The Morgan fingerprint density at radius 1 is 1.56 bits per heavy atom. The number of carbonyl (C=O) groups is 1. The number of rotatable bonds is 2. The Balaban J connectivity index is 2.24. The highest BCUT2D eigenvalue weighted by molar-refractivity contribution is 5.83. The highest BCUT2D eigenvalue weighted by Crippen LogP contribution is 2.60. The molecule has 2 heteroatoms. The average Bonchev–Trinajstić information content (AvgIpc) is 2.16. The maximum Gasteiger partial charge on any atom is 0.331 e. The lowest BCUT2D eigenvalue weighted by atomic mass is 9.47. The van der Waals surface area contributed by atoms with Gasteiger partial charge in [0.2, 0.25) is 0 Å². The summed E-state index contributed by atoms with van der Waals surface area (Å²) in [6.45, 7) is 9.03. The summed E-state index contributed by atoms with van der Waals surface area (Å²) in [4.78, 5) is 11.5. The number of ether oxygens (including phenoxy) is 1. The van der Waals surface area contributed by atoms with Gasteiger partial charge in [-0.15, -0.1) is 0 Å². The molecule has 0 unspecified atom stereocenters. The first kappa shape index (κ1) is 11.4. The van der Waals surface area contributed by atoms with E-state index in [1.54, 1.807) is 6.08 Å². The zero-order valence-corrected chi connectivity index (χ0v) is 10.5.